The number of ether oxygens (including phenoxy) is 1. The van der Waals surface area contributed by atoms with Crippen molar-refractivity contribution in [2.45, 2.75) is 38.8 Å². The zero-order valence-corrected chi connectivity index (χ0v) is 10.1. The standard InChI is InChI=1S/C11H17NO5/c1-5-6-7(8(13)9(14)15)12-10(16)17-11(2,3)4/h5,7H,1,6H2,2-4H3,(H,12,16)(H,14,15)/t7-/m0/s1. The molecule has 0 radical (unpaired) electrons. The quantitative estimate of drug-likeness (QED) is 0.557. The molecule has 0 aliphatic rings. The number of hydrogen-bond donors (Lipinski definition) is 2. The van der Waals surface area contributed by atoms with E-state index in [1.165, 1.54) is 6.08 Å². The van der Waals surface area contributed by atoms with E-state index in [0.29, 0.717) is 0 Å². The van der Waals surface area contributed by atoms with Gasteiger partial charge in [-0.15, -0.1) is 6.58 Å². The second-order valence-electron chi connectivity index (χ2n) is 4.39. The Kier molecular flexibility index (Phi) is 5.37. The highest BCUT2D eigenvalue weighted by Crippen LogP contribution is 2.07. The molecule has 6 heteroatoms. The number of alkyl carbamates (subject to hydrolysis) is 1. The van der Waals surface area contributed by atoms with Crippen molar-refractivity contribution in [3.63, 3.8) is 0 Å². The van der Waals surface area contributed by atoms with Crippen molar-refractivity contribution in [2.75, 3.05) is 0 Å². The van der Waals surface area contributed by atoms with Gasteiger partial charge in [-0.05, 0) is 27.2 Å². The Hall–Kier alpha value is -1.85. The summed E-state index contributed by atoms with van der Waals surface area (Å²) < 4.78 is 4.91. The van der Waals surface area contributed by atoms with Gasteiger partial charge in [-0.25, -0.2) is 9.59 Å². The average molecular weight is 243 g/mol. The van der Waals surface area contributed by atoms with Crippen LogP contribution in [0.15, 0.2) is 12.7 Å². The first-order valence-electron chi connectivity index (χ1n) is 5.05. The highest BCUT2D eigenvalue weighted by Gasteiger charge is 2.27. The summed E-state index contributed by atoms with van der Waals surface area (Å²) in [7, 11) is 0. The van der Waals surface area contributed by atoms with E-state index in [0.717, 1.165) is 0 Å². The second-order valence-corrected chi connectivity index (χ2v) is 4.39. The fourth-order valence-electron chi connectivity index (χ4n) is 0.997. The van der Waals surface area contributed by atoms with Gasteiger partial charge in [-0.1, -0.05) is 6.08 Å². The van der Waals surface area contributed by atoms with Crippen molar-refractivity contribution in [3.05, 3.63) is 12.7 Å². The Labute approximate surface area is 99.6 Å². The lowest BCUT2D eigenvalue weighted by atomic mass is 10.1. The van der Waals surface area contributed by atoms with Crippen molar-refractivity contribution in [3.8, 4) is 0 Å². The number of amides is 1. The van der Waals surface area contributed by atoms with E-state index in [-0.39, 0.29) is 6.42 Å². The Morgan fingerprint density at radius 1 is 1.41 bits per heavy atom. The largest absolute Gasteiger partial charge is 0.475 e. The summed E-state index contributed by atoms with van der Waals surface area (Å²) in [5, 5.41) is 10.7. The molecule has 0 aliphatic heterocycles. The fourth-order valence-corrected chi connectivity index (χ4v) is 0.997. The van der Waals surface area contributed by atoms with Crippen LogP contribution in [0, 0.1) is 0 Å². The van der Waals surface area contributed by atoms with Crippen LogP contribution >= 0.6 is 0 Å². The molecule has 0 bridgehead atoms. The average Bonchev–Trinajstić information content (AvgIpc) is 2.12. The number of carbonyl (C=O) groups excluding carboxylic acids is 2. The van der Waals surface area contributed by atoms with E-state index in [9.17, 15) is 14.4 Å². The van der Waals surface area contributed by atoms with E-state index in [4.69, 9.17) is 9.84 Å². The Bertz CT molecular complexity index is 329. The van der Waals surface area contributed by atoms with Crippen molar-refractivity contribution >= 4 is 17.8 Å². The topological polar surface area (TPSA) is 92.7 Å². The lowest BCUT2D eigenvalue weighted by Crippen LogP contribution is -2.45. The molecule has 1 atom stereocenters. The third-order valence-corrected chi connectivity index (χ3v) is 1.62. The maximum Gasteiger partial charge on any atom is 0.408 e. The maximum atomic E-state index is 11.4. The van der Waals surface area contributed by atoms with E-state index in [1.54, 1.807) is 20.8 Å². The van der Waals surface area contributed by atoms with Crippen LogP contribution in [-0.4, -0.2) is 34.6 Å². The summed E-state index contributed by atoms with van der Waals surface area (Å²) in [5.41, 5.74) is -0.713. The van der Waals surface area contributed by atoms with E-state index < -0.39 is 29.5 Å². The summed E-state index contributed by atoms with van der Waals surface area (Å²) >= 11 is 0. The monoisotopic (exact) mass is 243 g/mol. The van der Waals surface area contributed by atoms with Crippen molar-refractivity contribution in [1.82, 2.24) is 5.32 Å². The van der Waals surface area contributed by atoms with Gasteiger partial charge in [-0.2, -0.15) is 0 Å². The van der Waals surface area contributed by atoms with Gasteiger partial charge >= 0.3 is 12.1 Å². The molecule has 17 heavy (non-hydrogen) atoms. The minimum Gasteiger partial charge on any atom is -0.475 e. The molecule has 0 aliphatic carbocycles. The van der Waals surface area contributed by atoms with Crippen LogP contribution in [0.25, 0.3) is 0 Å². The number of carbonyl (C=O) groups is 3. The minimum absolute atomic E-state index is 0.0321. The molecule has 96 valence electrons. The molecule has 2 N–H and O–H groups in total. The van der Waals surface area contributed by atoms with E-state index >= 15 is 0 Å². The molecule has 0 rings (SSSR count). The molecule has 6 nitrogen and oxygen atoms in total. The predicted octanol–water partition coefficient (Wildman–Crippen LogP) is 1.11. The van der Waals surface area contributed by atoms with Crippen LogP contribution in [0.3, 0.4) is 0 Å². The smallest absolute Gasteiger partial charge is 0.408 e. The molecular weight excluding hydrogens is 226 g/mol. The zero-order chi connectivity index (χ0) is 13.6. The molecule has 1 amide bonds. The third-order valence-electron chi connectivity index (χ3n) is 1.62. The molecule has 0 aromatic heterocycles. The number of carboxylic acid groups (broad SMARTS) is 1. The normalized spacial score (nSPS) is 12.4. The predicted molar refractivity (Wildman–Crippen MR) is 60.6 cm³/mol. The zero-order valence-electron chi connectivity index (χ0n) is 10.1. The molecule has 0 aromatic rings. The van der Waals surface area contributed by atoms with Crippen LogP contribution in [0.5, 0.6) is 0 Å². The molecule has 0 heterocycles. The van der Waals surface area contributed by atoms with Gasteiger partial charge in [0.05, 0.1) is 0 Å². The van der Waals surface area contributed by atoms with Gasteiger partial charge < -0.3 is 15.2 Å². The number of hydrogen-bond acceptors (Lipinski definition) is 4. The van der Waals surface area contributed by atoms with Crippen molar-refractivity contribution in [1.29, 1.82) is 0 Å². The first-order chi connectivity index (χ1) is 7.67. The lowest BCUT2D eigenvalue weighted by molar-refractivity contribution is -0.150. The van der Waals surface area contributed by atoms with Crippen molar-refractivity contribution < 1.29 is 24.2 Å². The van der Waals surface area contributed by atoms with Crippen LogP contribution in [0.1, 0.15) is 27.2 Å². The van der Waals surface area contributed by atoms with Crippen LogP contribution in [0.4, 0.5) is 4.79 Å². The van der Waals surface area contributed by atoms with Crippen LogP contribution in [0.2, 0.25) is 0 Å². The Morgan fingerprint density at radius 2 is 1.94 bits per heavy atom. The first-order valence-corrected chi connectivity index (χ1v) is 5.05. The Morgan fingerprint density at radius 3 is 2.29 bits per heavy atom. The first kappa shape index (κ1) is 15.2. The number of nitrogens with one attached hydrogen (secondary N) is 1. The van der Waals surface area contributed by atoms with Crippen molar-refractivity contribution in [2.24, 2.45) is 0 Å². The molecule has 0 fully saturated rings. The Balaban J connectivity index is 4.55. The van der Waals surface area contributed by atoms with Gasteiger partial charge in [0, 0.05) is 0 Å². The molecule has 0 saturated carbocycles. The highest BCUT2D eigenvalue weighted by molar-refractivity contribution is 6.35. The van der Waals surface area contributed by atoms with Gasteiger partial charge in [0.15, 0.2) is 0 Å². The maximum absolute atomic E-state index is 11.4. The fraction of sp³-hybridized carbons (Fsp3) is 0.545. The van der Waals surface area contributed by atoms with Crippen LogP contribution < -0.4 is 5.32 Å². The number of carboxylic acids is 1. The summed E-state index contributed by atoms with van der Waals surface area (Å²) in [6, 6.07) is -1.15. The number of aliphatic carboxylic acids is 1. The van der Waals surface area contributed by atoms with E-state index in [1.807, 2.05) is 0 Å². The molecular formula is C11H17NO5. The molecule has 0 unspecified atom stereocenters. The summed E-state index contributed by atoms with van der Waals surface area (Å²) in [5.74, 6) is -2.70. The molecule has 0 spiro atoms. The SMILES string of the molecule is C=CC[C@H](NC(=O)OC(C)(C)C)C(=O)C(=O)O. The van der Waals surface area contributed by atoms with Gasteiger partial charge in [0.25, 0.3) is 5.78 Å². The highest BCUT2D eigenvalue weighted by atomic mass is 16.6. The van der Waals surface area contributed by atoms with Gasteiger partial charge in [0.1, 0.15) is 11.6 Å². The number of rotatable bonds is 5. The van der Waals surface area contributed by atoms with Gasteiger partial charge in [0.2, 0.25) is 0 Å². The van der Waals surface area contributed by atoms with Crippen LogP contribution in [-0.2, 0) is 14.3 Å². The second kappa shape index (κ2) is 6.03. The molecule has 0 aromatic carbocycles. The number of Topliss-reactive ketones (excluding diaryl/α,β-unsaturated/α-hetero) is 1. The molecule has 0 saturated heterocycles. The minimum atomic E-state index is -1.60. The number of ketones is 1. The summed E-state index contributed by atoms with van der Waals surface area (Å²) in [6.45, 7) is 8.37. The summed E-state index contributed by atoms with van der Waals surface area (Å²) in [6.07, 6.45) is 0.548. The lowest BCUT2D eigenvalue weighted by Gasteiger charge is -2.21. The summed E-state index contributed by atoms with van der Waals surface area (Å²) in [4.78, 5) is 33.1. The van der Waals surface area contributed by atoms with Gasteiger partial charge in [-0.3, -0.25) is 4.79 Å². The third kappa shape index (κ3) is 6.34. The van der Waals surface area contributed by atoms with E-state index in [2.05, 4.69) is 11.9 Å².